The largest absolute Gasteiger partial charge is 0.367 e. The van der Waals surface area contributed by atoms with Gasteiger partial charge in [-0.05, 0) is 86.0 Å². The quantitative estimate of drug-likeness (QED) is 0.105. The number of pyridine rings is 1. The summed E-state index contributed by atoms with van der Waals surface area (Å²) in [5, 5.41) is 34.1. The zero-order valence-electron chi connectivity index (χ0n) is 25.3. The van der Waals surface area contributed by atoms with Gasteiger partial charge >= 0.3 is 0 Å². The number of benzene rings is 2. The smallest absolute Gasteiger partial charge is 0.260 e. The van der Waals surface area contributed by atoms with E-state index in [4.69, 9.17) is 15.7 Å². The Labute approximate surface area is 266 Å². The zero-order chi connectivity index (χ0) is 32.0. The molecule has 2 aliphatic rings. The van der Waals surface area contributed by atoms with Crippen LogP contribution in [0.4, 0.5) is 27.4 Å². The summed E-state index contributed by atoms with van der Waals surface area (Å²) in [6.45, 7) is 4.51. The Balaban J connectivity index is 1.22. The fourth-order valence-electron chi connectivity index (χ4n) is 5.70. The van der Waals surface area contributed by atoms with Crippen molar-refractivity contribution in [1.82, 2.24) is 19.9 Å². The van der Waals surface area contributed by atoms with E-state index in [0.29, 0.717) is 28.7 Å². The number of nitrogens with zero attached hydrogens (tertiary/aromatic N) is 6. The molecule has 6 rings (SSSR count). The van der Waals surface area contributed by atoms with Gasteiger partial charge in [-0.3, -0.25) is 9.80 Å². The fourth-order valence-corrected chi connectivity index (χ4v) is 5.70. The second-order valence-corrected chi connectivity index (χ2v) is 11.1. The highest BCUT2D eigenvalue weighted by Crippen LogP contribution is 2.43. The van der Waals surface area contributed by atoms with Crippen molar-refractivity contribution in [2.45, 2.75) is 32.4 Å². The van der Waals surface area contributed by atoms with E-state index in [1.165, 1.54) is 17.7 Å². The summed E-state index contributed by atoms with van der Waals surface area (Å²) in [5.41, 5.74) is 5.50. The van der Waals surface area contributed by atoms with Gasteiger partial charge < -0.3 is 10.6 Å². The van der Waals surface area contributed by atoms with Crippen molar-refractivity contribution in [1.29, 1.82) is 10.7 Å². The monoisotopic (exact) mass is 617 g/mol. The summed E-state index contributed by atoms with van der Waals surface area (Å²) >= 11 is 0. The first-order valence-electron chi connectivity index (χ1n) is 15.0. The summed E-state index contributed by atoms with van der Waals surface area (Å²) in [7, 11) is 0. The first kappa shape index (κ1) is 30.5. The first-order valence-corrected chi connectivity index (χ1v) is 15.0. The second kappa shape index (κ2) is 13.7. The molecule has 0 atom stereocenters. The lowest BCUT2D eigenvalue weighted by Gasteiger charge is -2.32. The topological polar surface area (TPSA) is 154 Å². The number of aromatic nitrogens is 3. The van der Waals surface area contributed by atoms with Crippen LogP contribution >= 0.6 is 0 Å². The van der Waals surface area contributed by atoms with E-state index >= 15 is 0 Å². The SMILES string of the molecule is C/C=C\C(C(=N)[NH2+]O)=C1\Nc2ccc(-c3ccc(F)cc3)nc2N1c1ccc(CN2CCC(Nc3ccnc(C#N)n3)CC2)cc1. The Morgan fingerprint density at radius 2 is 1.87 bits per heavy atom. The van der Waals surface area contributed by atoms with Gasteiger partial charge in [-0.25, -0.2) is 30.0 Å². The Morgan fingerprint density at radius 1 is 1.11 bits per heavy atom. The number of nitriles is 1. The van der Waals surface area contributed by atoms with E-state index in [0.717, 1.165) is 54.9 Å². The van der Waals surface area contributed by atoms with Crippen LogP contribution < -0.4 is 21.0 Å². The van der Waals surface area contributed by atoms with Gasteiger partial charge in [-0.2, -0.15) is 10.7 Å². The third-order valence-corrected chi connectivity index (χ3v) is 8.01. The fraction of sp³-hybridized carbons (Fsp3) is 0.206. The summed E-state index contributed by atoms with van der Waals surface area (Å²) in [4.78, 5) is 17.5. The number of nitrogens with two attached hydrogens (primary N) is 1. The summed E-state index contributed by atoms with van der Waals surface area (Å²) in [5.74, 6) is 1.71. The molecule has 46 heavy (non-hydrogen) atoms. The van der Waals surface area contributed by atoms with Crippen molar-refractivity contribution < 1.29 is 15.1 Å². The number of piperidine rings is 1. The number of anilines is 4. The predicted molar refractivity (Wildman–Crippen MR) is 174 cm³/mol. The molecule has 2 aromatic heterocycles. The molecule has 4 heterocycles. The highest BCUT2D eigenvalue weighted by atomic mass is 19.1. The maximum Gasteiger partial charge on any atom is 0.260 e. The molecule has 232 valence electrons. The third kappa shape index (κ3) is 6.62. The number of amidine groups is 1. The maximum atomic E-state index is 13.6. The molecule has 2 aromatic carbocycles. The van der Waals surface area contributed by atoms with Crippen molar-refractivity contribution in [3.8, 4) is 17.3 Å². The number of nitrogens with one attached hydrogen (secondary N) is 3. The molecule has 4 aromatic rings. The van der Waals surface area contributed by atoms with Gasteiger partial charge in [0.1, 0.15) is 23.5 Å². The molecule has 12 heteroatoms. The maximum absolute atomic E-state index is 13.6. The van der Waals surface area contributed by atoms with Gasteiger partial charge in [0.05, 0.1) is 17.0 Å². The van der Waals surface area contributed by atoms with Crippen molar-refractivity contribution in [3.05, 3.63) is 114 Å². The van der Waals surface area contributed by atoms with Gasteiger partial charge in [0.25, 0.3) is 5.84 Å². The minimum atomic E-state index is -0.313. The molecule has 1 fully saturated rings. The molecule has 1 saturated heterocycles. The van der Waals surface area contributed by atoms with Crippen LogP contribution in [-0.4, -0.2) is 50.0 Å². The standard InChI is InChI=1S/C34H33FN10O/c1-2-3-27(32(37)43-46)33-41-29-13-12-28(23-6-8-24(35)9-7-23)40-34(29)45(33)26-10-4-22(5-11-26)21-44-18-15-25(16-19-44)39-30-14-17-38-31(20-36)42-30/h2-14,17,25,41,46H,15-16,18-19,21H2,1H3,(H2,37,43)(H,38,39,42)/p+1/b3-2-,33-27+. The average molecular weight is 618 g/mol. The molecule has 0 aliphatic carbocycles. The first-order chi connectivity index (χ1) is 22.4. The molecule has 0 saturated carbocycles. The minimum absolute atomic E-state index is 0.0445. The van der Waals surface area contributed by atoms with E-state index in [-0.39, 0.29) is 23.5 Å². The number of hydrogen-bond acceptors (Lipinski definition) is 10. The van der Waals surface area contributed by atoms with Gasteiger partial charge in [0, 0.05) is 43.1 Å². The zero-order valence-corrected chi connectivity index (χ0v) is 25.3. The van der Waals surface area contributed by atoms with Crippen molar-refractivity contribution in [3.63, 3.8) is 0 Å². The molecule has 0 bridgehead atoms. The number of fused-ring (bicyclic) bond motifs is 1. The molecule has 0 spiro atoms. The Kier molecular flexibility index (Phi) is 9.07. The summed E-state index contributed by atoms with van der Waals surface area (Å²) in [6.07, 6.45) is 7.10. The van der Waals surface area contributed by atoms with Gasteiger partial charge in [0.2, 0.25) is 5.82 Å². The minimum Gasteiger partial charge on any atom is -0.367 e. The van der Waals surface area contributed by atoms with E-state index < -0.39 is 0 Å². The number of hydroxylamine groups is 1. The predicted octanol–water partition coefficient (Wildman–Crippen LogP) is 4.91. The van der Waals surface area contributed by atoms with Crippen molar-refractivity contribution in [2.24, 2.45) is 0 Å². The summed E-state index contributed by atoms with van der Waals surface area (Å²) in [6, 6.07) is 22.3. The Bertz CT molecular complexity index is 1820. The second-order valence-electron chi connectivity index (χ2n) is 11.1. The Hall–Kier alpha value is -5.48. The van der Waals surface area contributed by atoms with E-state index in [2.05, 4.69) is 37.6 Å². The van der Waals surface area contributed by atoms with Gasteiger partial charge in [-0.15, -0.1) is 0 Å². The van der Waals surface area contributed by atoms with Crippen LogP contribution in [0.3, 0.4) is 0 Å². The lowest BCUT2D eigenvalue weighted by molar-refractivity contribution is -0.802. The van der Waals surface area contributed by atoms with Crippen LogP contribution in [0.5, 0.6) is 0 Å². The van der Waals surface area contributed by atoms with Crippen LogP contribution in [-0.2, 0) is 6.54 Å². The summed E-state index contributed by atoms with van der Waals surface area (Å²) < 4.78 is 13.6. The van der Waals surface area contributed by atoms with Gasteiger partial charge in [0.15, 0.2) is 5.82 Å². The molecular weight excluding hydrogens is 583 g/mol. The molecule has 11 nitrogen and oxygen atoms in total. The van der Waals surface area contributed by atoms with E-state index in [1.807, 2.05) is 48.2 Å². The molecule has 2 aliphatic heterocycles. The number of rotatable bonds is 8. The number of likely N-dealkylation sites (tertiary alicyclic amines) is 1. The highest BCUT2D eigenvalue weighted by Gasteiger charge is 2.32. The Morgan fingerprint density at radius 3 is 2.57 bits per heavy atom. The number of hydrogen-bond donors (Lipinski definition) is 5. The van der Waals surface area contributed by atoms with E-state index in [9.17, 15) is 9.60 Å². The average Bonchev–Trinajstić information content (AvgIpc) is 3.47. The van der Waals surface area contributed by atoms with Crippen LogP contribution in [0.15, 0.2) is 96.5 Å². The van der Waals surface area contributed by atoms with Crippen LogP contribution in [0.25, 0.3) is 11.3 Å². The van der Waals surface area contributed by atoms with Crippen molar-refractivity contribution in [2.75, 3.05) is 28.6 Å². The van der Waals surface area contributed by atoms with Crippen LogP contribution in [0.1, 0.15) is 31.2 Å². The lowest BCUT2D eigenvalue weighted by atomic mass is 10.0. The lowest BCUT2D eigenvalue weighted by Crippen LogP contribution is -2.85. The normalized spacial score (nSPS) is 16.2. The number of allylic oxidation sites excluding steroid dienone is 1. The molecule has 0 unspecified atom stereocenters. The third-order valence-electron chi connectivity index (χ3n) is 8.01. The molecular formula is C34H34FN10O+. The number of quaternary nitrogens is 1. The highest BCUT2D eigenvalue weighted by molar-refractivity contribution is 5.97. The van der Waals surface area contributed by atoms with E-state index in [1.54, 1.807) is 30.5 Å². The molecule has 0 amide bonds. The van der Waals surface area contributed by atoms with Crippen LogP contribution in [0, 0.1) is 22.6 Å². The molecule has 0 radical (unpaired) electrons. The van der Waals surface area contributed by atoms with Crippen molar-refractivity contribution >= 4 is 28.8 Å². The van der Waals surface area contributed by atoms with Gasteiger partial charge in [-0.1, -0.05) is 18.2 Å². The number of halogens is 1. The van der Waals surface area contributed by atoms with Crippen LogP contribution in [0.2, 0.25) is 0 Å². The molecule has 6 N–H and O–H groups in total.